The second-order valence-electron chi connectivity index (χ2n) is 8.69. The summed E-state index contributed by atoms with van der Waals surface area (Å²) in [5.41, 5.74) is 2.12. The molecular weight excluding hydrogens is 537 g/mol. The SMILES string of the molecule is O=C(Nc1ccc(Br)c(C(F)(F)F)c1)C1CCc2ccc(Oc3ccnc(C4=NCCN4)c3)cc2C1. The van der Waals surface area contributed by atoms with Crippen molar-refractivity contribution in [3.63, 3.8) is 0 Å². The number of fused-ring (bicyclic) bond motifs is 1. The molecule has 0 fully saturated rings. The molecule has 1 atom stereocenters. The Morgan fingerprint density at radius 2 is 1.92 bits per heavy atom. The van der Waals surface area contributed by atoms with Crippen LogP contribution in [0.5, 0.6) is 11.5 Å². The molecule has 0 spiro atoms. The molecule has 10 heteroatoms. The van der Waals surface area contributed by atoms with Gasteiger partial charge in [-0.15, -0.1) is 0 Å². The second kappa shape index (κ2) is 9.93. The third-order valence-electron chi connectivity index (χ3n) is 6.20. The van der Waals surface area contributed by atoms with Crippen LogP contribution < -0.4 is 15.4 Å². The average molecular weight is 559 g/mol. The number of pyridine rings is 1. The number of amides is 1. The quantitative estimate of drug-likeness (QED) is 0.418. The largest absolute Gasteiger partial charge is 0.457 e. The van der Waals surface area contributed by atoms with E-state index in [-0.39, 0.29) is 22.0 Å². The normalized spacial score (nSPS) is 17.1. The lowest BCUT2D eigenvalue weighted by atomic mass is 9.83. The van der Waals surface area contributed by atoms with E-state index >= 15 is 0 Å². The number of carbonyl (C=O) groups excluding carboxylic acids is 1. The van der Waals surface area contributed by atoms with Gasteiger partial charge < -0.3 is 15.4 Å². The van der Waals surface area contributed by atoms with E-state index in [2.05, 4.69) is 36.5 Å². The van der Waals surface area contributed by atoms with Gasteiger partial charge in [-0.05, 0) is 66.8 Å². The maximum Gasteiger partial charge on any atom is 0.417 e. The number of aliphatic imine (C=N–C) groups is 1. The number of nitrogens with zero attached hydrogens (tertiary/aromatic N) is 2. The molecule has 3 aromatic rings. The van der Waals surface area contributed by atoms with Crippen LogP contribution in [0.2, 0.25) is 0 Å². The van der Waals surface area contributed by atoms with E-state index in [4.69, 9.17) is 4.74 Å². The number of ether oxygens (including phenoxy) is 1. The number of halogens is 4. The molecule has 0 bridgehead atoms. The fourth-order valence-corrected chi connectivity index (χ4v) is 4.87. The summed E-state index contributed by atoms with van der Waals surface area (Å²) in [6.07, 6.45) is -1.06. The van der Waals surface area contributed by atoms with Gasteiger partial charge in [0, 0.05) is 34.9 Å². The Morgan fingerprint density at radius 1 is 1.08 bits per heavy atom. The van der Waals surface area contributed by atoms with E-state index in [1.54, 1.807) is 12.3 Å². The molecule has 1 aliphatic carbocycles. The summed E-state index contributed by atoms with van der Waals surface area (Å²) in [7, 11) is 0. The number of aryl methyl sites for hydroxylation is 1. The highest BCUT2D eigenvalue weighted by Gasteiger charge is 2.33. The molecule has 2 aromatic carbocycles. The third-order valence-corrected chi connectivity index (χ3v) is 6.89. The summed E-state index contributed by atoms with van der Waals surface area (Å²) in [6, 6.07) is 13.1. The van der Waals surface area contributed by atoms with E-state index in [1.807, 2.05) is 24.3 Å². The summed E-state index contributed by atoms with van der Waals surface area (Å²) in [4.78, 5) is 21.6. The Hall–Kier alpha value is -3.40. The highest BCUT2D eigenvalue weighted by Crippen LogP contribution is 2.37. The van der Waals surface area contributed by atoms with Crippen molar-refractivity contribution in [3.8, 4) is 11.5 Å². The molecule has 5 rings (SSSR count). The molecule has 0 saturated carbocycles. The first-order valence-corrected chi connectivity index (χ1v) is 12.3. The predicted molar refractivity (Wildman–Crippen MR) is 133 cm³/mol. The Labute approximate surface area is 214 Å². The number of benzene rings is 2. The van der Waals surface area contributed by atoms with Crippen LogP contribution >= 0.6 is 15.9 Å². The van der Waals surface area contributed by atoms with E-state index in [0.29, 0.717) is 43.0 Å². The van der Waals surface area contributed by atoms with Crippen molar-refractivity contribution in [2.24, 2.45) is 10.9 Å². The van der Waals surface area contributed by atoms with Gasteiger partial charge >= 0.3 is 6.18 Å². The zero-order valence-electron chi connectivity index (χ0n) is 19.0. The first-order chi connectivity index (χ1) is 17.3. The van der Waals surface area contributed by atoms with Gasteiger partial charge in [0.15, 0.2) is 0 Å². The summed E-state index contributed by atoms with van der Waals surface area (Å²) in [5.74, 6) is 1.34. The molecule has 36 heavy (non-hydrogen) atoms. The van der Waals surface area contributed by atoms with Crippen molar-refractivity contribution in [2.75, 3.05) is 18.4 Å². The number of amidine groups is 1. The van der Waals surface area contributed by atoms with E-state index in [0.717, 1.165) is 29.6 Å². The maximum atomic E-state index is 13.2. The number of hydrogen-bond acceptors (Lipinski definition) is 5. The zero-order valence-corrected chi connectivity index (χ0v) is 20.6. The molecule has 2 N–H and O–H groups in total. The molecule has 1 aromatic heterocycles. The molecule has 6 nitrogen and oxygen atoms in total. The third kappa shape index (κ3) is 5.38. The standard InChI is InChI=1S/C26H22BrF3N4O2/c27-22-6-4-18(13-21(22)26(28,29)30)34-25(35)16-2-1-15-3-5-19(12-17(15)11-16)36-20-7-8-31-23(14-20)24-32-9-10-33-24/h3-8,12-14,16H,1-2,9-11H2,(H,32,33)(H,34,35). The Kier molecular flexibility index (Phi) is 6.70. The van der Waals surface area contributed by atoms with Crippen molar-refractivity contribution in [1.29, 1.82) is 0 Å². The van der Waals surface area contributed by atoms with Gasteiger partial charge in [-0.25, -0.2) is 0 Å². The highest BCUT2D eigenvalue weighted by atomic mass is 79.9. The summed E-state index contributed by atoms with van der Waals surface area (Å²) < 4.78 is 45.6. The number of aromatic nitrogens is 1. The minimum absolute atomic E-state index is 0.0686. The Morgan fingerprint density at radius 3 is 2.69 bits per heavy atom. The molecule has 1 amide bonds. The summed E-state index contributed by atoms with van der Waals surface area (Å²) in [6.45, 7) is 1.50. The monoisotopic (exact) mass is 558 g/mol. The molecule has 1 unspecified atom stereocenters. The Balaban J connectivity index is 1.28. The van der Waals surface area contributed by atoms with Gasteiger partial charge in [-0.3, -0.25) is 14.8 Å². The fraction of sp³-hybridized carbons (Fsp3) is 0.269. The number of hydrogen-bond donors (Lipinski definition) is 2. The van der Waals surface area contributed by atoms with Gasteiger partial charge in [-0.2, -0.15) is 13.2 Å². The van der Waals surface area contributed by atoms with Crippen LogP contribution in [-0.4, -0.2) is 29.8 Å². The van der Waals surface area contributed by atoms with Gasteiger partial charge in [0.1, 0.15) is 23.0 Å². The zero-order chi connectivity index (χ0) is 25.3. The lowest BCUT2D eigenvalue weighted by Crippen LogP contribution is -2.28. The average Bonchev–Trinajstić information content (AvgIpc) is 3.39. The number of nitrogens with one attached hydrogen (secondary N) is 2. The lowest BCUT2D eigenvalue weighted by molar-refractivity contribution is -0.138. The van der Waals surface area contributed by atoms with E-state index in [1.165, 1.54) is 12.1 Å². The Bertz CT molecular complexity index is 1340. The van der Waals surface area contributed by atoms with Crippen LogP contribution in [0.1, 0.15) is 28.8 Å². The van der Waals surface area contributed by atoms with Crippen LogP contribution in [0.25, 0.3) is 0 Å². The fourth-order valence-electron chi connectivity index (χ4n) is 4.40. The minimum atomic E-state index is -4.52. The topological polar surface area (TPSA) is 75.6 Å². The van der Waals surface area contributed by atoms with Crippen LogP contribution in [0, 0.1) is 5.92 Å². The molecule has 0 radical (unpaired) electrons. The van der Waals surface area contributed by atoms with Gasteiger partial charge in [0.2, 0.25) is 5.91 Å². The molecule has 0 saturated heterocycles. The van der Waals surface area contributed by atoms with Crippen molar-refractivity contribution in [2.45, 2.75) is 25.4 Å². The van der Waals surface area contributed by atoms with Crippen molar-refractivity contribution in [3.05, 3.63) is 81.6 Å². The number of carbonyl (C=O) groups is 1. The van der Waals surface area contributed by atoms with Crippen LogP contribution in [0.3, 0.4) is 0 Å². The molecular formula is C26H22BrF3N4O2. The molecule has 2 heterocycles. The van der Waals surface area contributed by atoms with Gasteiger partial charge in [-0.1, -0.05) is 22.0 Å². The van der Waals surface area contributed by atoms with Crippen molar-refractivity contribution >= 4 is 33.4 Å². The summed E-state index contributed by atoms with van der Waals surface area (Å²) >= 11 is 2.92. The number of anilines is 1. The predicted octanol–water partition coefficient (Wildman–Crippen LogP) is 5.75. The lowest BCUT2D eigenvalue weighted by Gasteiger charge is -2.24. The van der Waals surface area contributed by atoms with Crippen LogP contribution in [0.15, 0.2) is 64.2 Å². The molecule has 1 aliphatic heterocycles. The van der Waals surface area contributed by atoms with Crippen LogP contribution in [0.4, 0.5) is 18.9 Å². The van der Waals surface area contributed by atoms with Crippen molar-refractivity contribution in [1.82, 2.24) is 10.3 Å². The number of alkyl halides is 3. The number of rotatable bonds is 5. The van der Waals surface area contributed by atoms with E-state index < -0.39 is 11.7 Å². The van der Waals surface area contributed by atoms with Gasteiger partial charge in [0.25, 0.3) is 0 Å². The summed E-state index contributed by atoms with van der Waals surface area (Å²) in [5, 5.41) is 5.84. The molecule has 2 aliphatic rings. The van der Waals surface area contributed by atoms with Crippen LogP contribution in [-0.2, 0) is 23.8 Å². The first-order valence-electron chi connectivity index (χ1n) is 11.5. The highest BCUT2D eigenvalue weighted by molar-refractivity contribution is 9.10. The van der Waals surface area contributed by atoms with Gasteiger partial charge in [0.05, 0.1) is 12.1 Å². The molecule has 186 valence electrons. The first kappa shape index (κ1) is 24.3. The maximum absolute atomic E-state index is 13.2. The van der Waals surface area contributed by atoms with Crippen molar-refractivity contribution < 1.29 is 22.7 Å². The second-order valence-corrected chi connectivity index (χ2v) is 9.54. The van der Waals surface area contributed by atoms with E-state index in [9.17, 15) is 18.0 Å². The minimum Gasteiger partial charge on any atom is -0.457 e. The smallest absolute Gasteiger partial charge is 0.417 e.